The number of hydrogen-bond donors (Lipinski definition) is 1. The highest BCUT2D eigenvalue weighted by Gasteiger charge is 2.14. The minimum atomic E-state index is 0.0179. The topological polar surface area (TPSA) is 55.1 Å². The molecule has 1 saturated carbocycles. The summed E-state index contributed by atoms with van der Waals surface area (Å²) in [6, 6.07) is 9.72. The Kier molecular flexibility index (Phi) is 5.46. The zero-order chi connectivity index (χ0) is 15.9. The maximum atomic E-state index is 12.0. The van der Waals surface area contributed by atoms with Crippen LogP contribution in [0.5, 0.6) is 0 Å². The molecule has 1 aliphatic carbocycles. The summed E-state index contributed by atoms with van der Waals surface area (Å²) < 4.78 is 5.45. The minimum absolute atomic E-state index is 0.0179. The first-order chi connectivity index (χ1) is 11.3. The number of rotatable bonds is 7. The lowest BCUT2D eigenvalue weighted by Gasteiger charge is -2.08. The molecule has 1 heterocycles. The van der Waals surface area contributed by atoms with E-state index < -0.39 is 0 Å². The molecule has 4 nitrogen and oxygen atoms in total. The average Bonchev–Trinajstić information content (AvgIpc) is 3.24. The molecular weight excluding hydrogens is 288 g/mol. The van der Waals surface area contributed by atoms with Crippen molar-refractivity contribution >= 4 is 5.91 Å². The van der Waals surface area contributed by atoms with E-state index in [0.717, 1.165) is 24.4 Å². The Balaban J connectivity index is 1.40. The molecule has 0 radical (unpaired) electrons. The summed E-state index contributed by atoms with van der Waals surface area (Å²) in [6.45, 7) is 0.763. The van der Waals surface area contributed by atoms with Crippen LogP contribution in [0, 0.1) is 5.92 Å². The number of carbonyl (C=O) groups is 1. The van der Waals surface area contributed by atoms with Gasteiger partial charge in [0.2, 0.25) is 11.8 Å². The molecule has 1 N–H and O–H groups in total. The molecule has 4 heteroatoms. The van der Waals surface area contributed by atoms with Crippen LogP contribution in [-0.4, -0.2) is 17.4 Å². The highest BCUT2D eigenvalue weighted by atomic mass is 16.3. The molecule has 1 fully saturated rings. The fourth-order valence-electron chi connectivity index (χ4n) is 3.25. The number of aromatic nitrogens is 1. The number of hydrogen-bond acceptors (Lipinski definition) is 3. The maximum absolute atomic E-state index is 12.0. The zero-order valence-corrected chi connectivity index (χ0v) is 13.5. The summed E-state index contributed by atoms with van der Waals surface area (Å²) in [6.07, 6.45) is 9.66. The second kappa shape index (κ2) is 7.95. The van der Waals surface area contributed by atoms with Crippen LogP contribution in [0.4, 0.5) is 0 Å². The van der Waals surface area contributed by atoms with Crippen LogP contribution >= 0.6 is 0 Å². The van der Waals surface area contributed by atoms with Gasteiger partial charge in [-0.2, -0.15) is 0 Å². The number of benzene rings is 1. The fraction of sp³-hybridized carbons (Fsp3) is 0.474. The smallest absolute Gasteiger partial charge is 0.226 e. The van der Waals surface area contributed by atoms with Gasteiger partial charge in [0.1, 0.15) is 6.26 Å². The lowest BCUT2D eigenvalue weighted by atomic mass is 10.0. The van der Waals surface area contributed by atoms with Crippen LogP contribution in [0.1, 0.15) is 44.2 Å². The number of amides is 1. The lowest BCUT2D eigenvalue weighted by molar-refractivity contribution is -0.120. The van der Waals surface area contributed by atoms with Crippen LogP contribution < -0.4 is 5.32 Å². The van der Waals surface area contributed by atoms with Crippen LogP contribution in [0.3, 0.4) is 0 Å². The number of carbonyl (C=O) groups excluding carboxylic acids is 1. The Bertz CT molecular complexity index is 615. The normalized spacial score (nSPS) is 15.0. The molecule has 122 valence electrons. The molecule has 0 saturated heterocycles. The Hall–Kier alpha value is -2.10. The van der Waals surface area contributed by atoms with Crippen LogP contribution in [-0.2, 0) is 11.2 Å². The van der Waals surface area contributed by atoms with Gasteiger partial charge in [0, 0.05) is 12.1 Å². The molecule has 2 aromatic rings. The number of nitrogens with zero attached hydrogens (tertiary/aromatic N) is 1. The zero-order valence-electron chi connectivity index (χ0n) is 13.5. The standard InChI is InChI=1S/C19H24N2O2/c22-18(20-12-6-9-15-7-4-5-8-15)13-17-14-23-19(21-17)16-10-2-1-3-11-16/h1-3,10-11,14-15H,4-9,12-13H2,(H,20,22). The summed E-state index contributed by atoms with van der Waals surface area (Å²) in [5.74, 6) is 1.47. The van der Waals surface area contributed by atoms with Gasteiger partial charge < -0.3 is 9.73 Å². The van der Waals surface area contributed by atoms with Gasteiger partial charge in [-0.1, -0.05) is 43.9 Å². The molecule has 0 atom stereocenters. The molecule has 1 aromatic heterocycles. The first-order valence-electron chi connectivity index (χ1n) is 8.58. The average molecular weight is 312 g/mol. The van der Waals surface area contributed by atoms with Crippen molar-refractivity contribution in [3.05, 3.63) is 42.3 Å². The van der Waals surface area contributed by atoms with E-state index in [9.17, 15) is 4.79 Å². The second-order valence-corrected chi connectivity index (χ2v) is 6.33. The lowest BCUT2D eigenvalue weighted by Crippen LogP contribution is -2.26. The van der Waals surface area contributed by atoms with E-state index in [0.29, 0.717) is 11.6 Å². The van der Waals surface area contributed by atoms with E-state index in [1.165, 1.54) is 32.1 Å². The Morgan fingerprint density at radius 1 is 1.22 bits per heavy atom. The third-order valence-corrected chi connectivity index (χ3v) is 4.50. The summed E-state index contributed by atoms with van der Waals surface area (Å²) in [5, 5.41) is 2.98. The molecule has 0 bridgehead atoms. The van der Waals surface area contributed by atoms with Crippen LogP contribution in [0.2, 0.25) is 0 Å². The van der Waals surface area contributed by atoms with Crippen molar-refractivity contribution in [2.24, 2.45) is 5.92 Å². The quantitative estimate of drug-likeness (QED) is 0.787. The third kappa shape index (κ3) is 4.68. The van der Waals surface area contributed by atoms with E-state index in [1.807, 2.05) is 30.3 Å². The van der Waals surface area contributed by atoms with Crippen molar-refractivity contribution in [3.8, 4) is 11.5 Å². The third-order valence-electron chi connectivity index (χ3n) is 4.50. The van der Waals surface area contributed by atoms with Gasteiger partial charge >= 0.3 is 0 Å². The van der Waals surface area contributed by atoms with Gasteiger partial charge in [0.15, 0.2) is 0 Å². The Labute approximate surface area is 137 Å². The fourth-order valence-corrected chi connectivity index (χ4v) is 3.25. The van der Waals surface area contributed by atoms with Crippen LogP contribution in [0.15, 0.2) is 41.0 Å². The summed E-state index contributed by atoms with van der Waals surface area (Å²) in [4.78, 5) is 16.3. The predicted octanol–water partition coefficient (Wildman–Crippen LogP) is 3.97. The first-order valence-corrected chi connectivity index (χ1v) is 8.58. The van der Waals surface area contributed by atoms with Gasteiger partial charge in [0.05, 0.1) is 12.1 Å². The van der Waals surface area contributed by atoms with Crippen molar-refractivity contribution in [3.63, 3.8) is 0 Å². The van der Waals surface area contributed by atoms with Gasteiger partial charge in [0.25, 0.3) is 0 Å². The molecular formula is C19H24N2O2. The van der Waals surface area contributed by atoms with Gasteiger partial charge in [-0.05, 0) is 30.9 Å². The number of oxazole rings is 1. The van der Waals surface area contributed by atoms with Crippen molar-refractivity contribution in [2.75, 3.05) is 6.54 Å². The molecule has 0 unspecified atom stereocenters. The molecule has 23 heavy (non-hydrogen) atoms. The van der Waals surface area contributed by atoms with Crippen molar-refractivity contribution < 1.29 is 9.21 Å². The first kappa shape index (κ1) is 15.8. The summed E-state index contributed by atoms with van der Waals surface area (Å²) >= 11 is 0. The van der Waals surface area contributed by atoms with E-state index in [1.54, 1.807) is 6.26 Å². The Morgan fingerprint density at radius 2 is 2.00 bits per heavy atom. The van der Waals surface area contributed by atoms with Crippen molar-refractivity contribution in [2.45, 2.75) is 44.9 Å². The monoisotopic (exact) mass is 312 g/mol. The van der Waals surface area contributed by atoms with Gasteiger partial charge in [-0.25, -0.2) is 4.98 Å². The molecule has 1 amide bonds. The number of nitrogens with one attached hydrogen (secondary N) is 1. The second-order valence-electron chi connectivity index (χ2n) is 6.33. The van der Waals surface area contributed by atoms with Crippen molar-refractivity contribution in [1.82, 2.24) is 10.3 Å². The van der Waals surface area contributed by atoms with E-state index >= 15 is 0 Å². The Morgan fingerprint density at radius 3 is 2.78 bits per heavy atom. The maximum Gasteiger partial charge on any atom is 0.226 e. The molecule has 3 rings (SSSR count). The molecule has 0 spiro atoms. The summed E-state index contributed by atoms with van der Waals surface area (Å²) in [7, 11) is 0. The highest BCUT2D eigenvalue weighted by Crippen LogP contribution is 2.28. The molecule has 0 aliphatic heterocycles. The summed E-state index contributed by atoms with van der Waals surface area (Å²) in [5.41, 5.74) is 1.60. The van der Waals surface area contributed by atoms with E-state index in [-0.39, 0.29) is 12.3 Å². The van der Waals surface area contributed by atoms with Crippen molar-refractivity contribution in [1.29, 1.82) is 0 Å². The van der Waals surface area contributed by atoms with E-state index in [2.05, 4.69) is 10.3 Å². The largest absolute Gasteiger partial charge is 0.444 e. The predicted molar refractivity (Wildman–Crippen MR) is 89.8 cm³/mol. The minimum Gasteiger partial charge on any atom is -0.444 e. The highest BCUT2D eigenvalue weighted by molar-refractivity contribution is 5.78. The van der Waals surface area contributed by atoms with Gasteiger partial charge in [-0.15, -0.1) is 0 Å². The molecule has 1 aromatic carbocycles. The van der Waals surface area contributed by atoms with Crippen LogP contribution in [0.25, 0.3) is 11.5 Å². The molecule has 1 aliphatic rings. The van der Waals surface area contributed by atoms with Gasteiger partial charge in [-0.3, -0.25) is 4.79 Å². The SMILES string of the molecule is O=C(Cc1coc(-c2ccccc2)n1)NCCCC1CCCC1. The van der Waals surface area contributed by atoms with E-state index in [4.69, 9.17) is 4.42 Å².